The third-order valence-electron chi connectivity index (χ3n) is 5.80. The zero-order chi connectivity index (χ0) is 17.2. The first-order valence-corrected chi connectivity index (χ1v) is 9.55. The van der Waals surface area contributed by atoms with E-state index in [2.05, 4.69) is 15.4 Å². The van der Waals surface area contributed by atoms with E-state index in [4.69, 9.17) is 10.7 Å². The van der Waals surface area contributed by atoms with Gasteiger partial charge in [0.25, 0.3) is 0 Å². The van der Waals surface area contributed by atoms with Crippen molar-refractivity contribution in [2.75, 3.05) is 5.32 Å². The van der Waals surface area contributed by atoms with E-state index in [-0.39, 0.29) is 0 Å². The molecule has 0 unspecified atom stereocenters. The van der Waals surface area contributed by atoms with Gasteiger partial charge in [-0.1, -0.05) is 19.3 Å². The molecule has 4 rings (SSSR count). The van der Waals surface area contributed by atoms with Gasteiger partial charge in [-0.05, 0) is 44.1 Å². The summed E-state index contributed by atoms with van der Waals surface area (Å²) < 4.78 is 2.01. The van der Waals surface area contributed by atoms with Crippen molar-refractivity contribution in [3.05, 3.63) is 24.2 Å². The van der Waals surface area contributed by atoms with Crippen molar-refractivity contribution in [1.29, 1.82) is 0 Å². The molecule has 134 valence electrons. The molecule has 2 heterocycles. The van der Waals surface area contributed by atoms with E-state index < -0.39 is 0 Å². The summed E-state index contributed by atoms with van der Waals surface area (Å²) in [5.74, 6) is 1.52. The topological polar surface area (TPSA) is 81.7 Å². The number of hydrogen-bond acceptors (Lipinski definition) is 5. The van der Waals surface area contributed by atoms with Gasteiger partial charge in [0.05, 0.1) is 11.9 Å². The molecule has 3 N–H and O–H groups in total. The van der Waals surface area contributed by atoms with E-state index in [0.717, 1.165) is 55.2 Å². The quantitative estimate of drug-likeness (QED) is 0.874. The van der Waals surface area contributed by atoms with E-state index >= 15 is 0 Å². The van der Waals surface area contributed by atoms with Gasteiger partial charge in [-0.2, -0.15) is 5.10 Å². The van der Waals surface area contributed by atoms with Gasteiger partial charge in [0.2, 0.25) is 5.95 Å². The largest absolute Gasteiger partial charge is 0.351 e. The van der Waals surface area contributed by atoms with Gasteiger partial charge < -0.3 is 11.1 Å². The van der Waals surface area contributed by atoms with E-state index in [1.54, 1.807) is 0 Å². The first-order chi connectivity index (χ1) is 12.2. The summed E-state index contributed by atoms with van der Waals surface area (Å²) >= 11 is 0. The molecule has 2 aliphatic rings. The highest BCUT2D eigenvalue weighted by atomic mass is 15.3. The van der Waals surface area contributed by atoms with Crippen molar-refractivity contribution in [2.45, 2.75) is 63.5 Å². The number of aryl methyl sites for hydroxylation is 1. The van der Waals surface area contributed by atoms with Gasteiger partial charge in [0.15, 0.2) is 0 Å². The molecule has 2 saturated carbocycles. The summed E-state index contributed by atoms with van der Waals surface area (Å²) in [5.41, 5.74) is 9.40. The lowest BCUT2D eigenvalue weighted by molar-refractivity contribution is 0.309. The van der Waals surface area contributed by atoms with Crippen LogP contribution in [0.5, 0.6) is 0 Å². The molecular formula is C19H28N6. The summed E-state index contributed by atoms with van der Waals surface area (Å²) in [4.78, 5) is 9.20. The summed E-state index contributed by atoms with van der Waals surface area (Å²) in [6.07, 6.45) is 13.3. The van der Waals surface area contributed by atoms with Gasteiger partial charge in [-0.25, -0.2) is 9.97 Å². The number of rotatable bonds is 5. The Balaban J connectivity index is 1.51. The molecule has 6 nitrogen and oxygen atoms in total. The van der Waals surface area contributed by atoms with Crippen LogP contribution in [0.4, 0.5) is 5.95 Å². The van der Waals surface area contributed by atoms with Crippen LogP contribution in [-0.4, -0.2) is 31.8 Å². The lowest BCUT2D eigenvalue weighted by Gasteiger charge is -2.27. The molecule has 0 atom stereocenters. The summed E-state index contributed by atoms with van der Waals surface area (Å²) in [5, 5.41) is 7.98. The molecule has 2 aliphatic carbocycles. The maximum Gasteiger partial charge on any atom is 0.223 e. The van der Waals surface area contributed by atoms with Crippen LogP contribution in [0.2, 0.25) is 0 Å². The highest BCUT2D eigenvalue weighted by Gasteiger charge is 2.23. The van der Waals surface area contributed by atoms with Crippen LogP contribution in [0.25, 0.3) is 11.3 Å². The molecule has 0 bridgehead atoms. The lowest BCUT2D eigenvalue weighted by atomic mass is 9.81. The van der Waals surface area contributed by atoms with Gasteiger partial charge >= 0.3 is 0 Å². The summed E-state index contributed by atoms with van der Waals surface area (Å²) in [6.45, 7) is 0. The molecule has 2 aromatic rings. The van der Waals surface area contributed by atoms with Crippen LogP contribution in [0.3, 0.4) is 0 Å². The first-order valence-electron chi connectivity index (χ1n) is 9.55. The molecule has 0 spiro atoms. The van der Waals surface area contributed by atoms with Crippen molar-refractivity contribution < 1.29 is 0 Å². The number of aromatic nitrogens is 4. The molecule has 0 amide bonds. The third kappa shape index (κ3) is 3.68. The monoisotopic (exact) mass is 340 g/mol. The van der Waals surface area contributed by atoms with Crippen molar-refractivity contribution in [1.82, 2.24) is 19.7 Å². The summed E-state index contributed by atoms with van der Waals surface area (Å²) in [6, 6.07) is 2.77. The van der Waals surface area contributed by atoms with Crippen LogP contribution >= 0.6 is 0 Å². The molecule has 6 heteroatoms. The van der Waals surface area contributed by atoms with Crippen molar-refractivity contribution in [3.8, 4) is 11.3 Å². The molecule has 0 radical (unpaired) electrons. The fourth-order valence-electron chi connectivity index (χ4n) is 3.91. The number of nitrogens with two attached hydrogens (primary N) is 1. The van der Waals surface area contributed by atoms with Gasteiger partial charge in [0.1, 0.15) is 0 Å². The van der Waals surface area contributed by atoms with Crippen molar-refractivity contribution in [3.63, 3.8) is 0 Å². The lowest BCUT2D eigenvalue weighted by Crippen LogP contribution is -2.33. The standard InChI is InChI=1S/C19H28N6/c1-25-18(11-13-3-2-4-13)16(12-22-25)17-9-10-21-19(24-17)23-15-7-5-14(20)6-8-15/h9-10,12-15H,2-8,11,20H2,1H3,(H,21,23,24)/t14-,15-. The smallest absolute Gasteiger partial charge is 0.223 e. The Bertz CT molecular complexity index is 712. The minimum Gasteiger partial charge on any atom is -0.351 e. The third-order valence-corrected chi connectivity index (χ3v) is 5.80. The highest BCUT2D eigenvalue weighted by molar-refractivity contribution is 5.62. The SMILES string of the molecule is Cn1ncc(-c2ccnc(N[C@H]3CC[C@H](N)CC3)n2)c1CC1CCC1. The van der Waals surface area contributed by atoms with Gasteiger partial charge in [-0.3, -0.25) is 4.68 Å². The van der Waals surface area contributed by atoms with Crippen molar-refractivity contribution >= 4 is 5.95 Å². The number of hydrogen-bond donors (Lipinski definition) is 2. The first kappa shape index (κ1) is 16.5. The number of nitrogens with one attached hydrogen (secondary N) is 1. The Morgan fingerprint density at radius 3 is 2.72 bits per heavy atom. The average molecular weight is 340 g/mol. The minimum absolute atomic E-state index is 0.356. The van der Waals surface area contributed by atoms with Crippen LogP contribution in [0.1, 0.15) is 50.6 Å². The second-order valence-electron chi connectivity index (χ2n) is 7.65. The second kappa shape index (κ2) is 7.12. The van der Waals surface area contributed by atoms with Gasteiger partial charge in [0, 0.05) is 36.6 Å². The Kier molecular flexibility index (Phi) is 4.70. The predicted molar refractivity (Wildman–Crippen MR) is 99.1 cm³/mol. The van der Waals surface area contributed by atoms with Crippen molar-refractivity contribution in [2.24, 2.45) is 18.7 Å². The molecular weight excluding hydrogens is 312 g/mol. The average Bonchev–Trinajstić information content (AvgIpc) is 2.94. The van der Waals surface area contributed by atoms with Crippen LogP contribution < -0.4 is 11.1 Å². The molecule has 0 aromatic carbocycles. The molecule has 0 aliphatic heterocycles. The zero-order valence-corrected chi connectivity index (χ0v) is 15.0. The molecule has 2 aromatic heterocycles. The highest BCUT2D eigenvalue weighted by Crippen LogP contribution is 2.33. The van der Waals surface area contributed by atoms with Crippen LogP contribution in [0.15, 0.2) is 18.5 Å². The zero-order valence-electron chi connectivity index (χ0n) is 15.0. The number of nitrogens with zero attached hydrogens (tertiary/aromatic N) is 4. The van der Waals surface area contributed by atoms with E-state index in [9.17, 15) is 0 Å². The summed E-state index contributed by atoms with van der Waals surface area (Å²) in [7, 11) is 2.03. The Hall–Kier alpha value is -1.95. The Morgan fingerprint density at radius 2 is 2.00 bits per heavy atom. The van der Waals surface area contributed by atoms with Crippen LogP contribution in [0, 0.1) is 5.92 Å². The van der Waals surface area contributed by atoms with E-state index in [1.165, 1.54) is 25.0 Å². The second-order valence-corrected chi connectivity index (χ2v) is 7.65. The Labute approximate surface area is 149 Å². The Morgan fingerprint density at radius 1 is 1.20 bits per heavy atom. The molecule has 25 heavy (non-hydrogen) atoms. The normalized spacial score (nSPS) is 24.1. The maximum atomic E-state index is 6.00. The minimum atomic E-state index is 0.356. The van der Waals surface area contributed by atoms with Crippen LogP contribution in [-0.2, 0) is 13.5 Å². The van der Waals surface area contributed by atoms with Gasteiger partial charge in [-0.15, -0.1) is 0 Å². The maximum absolute atomic E-state index is 6.00. The molecule has 0 saturated heterocycles. The predicted octanol–water partition coefficient (Wildman–Crippen LogP) is 2.90. The number of anilines is 1. The van der Waals surface area contributed by atoms with E-state index in [0.29, 0.717) is 12.1 Å². The van der Waals surface area contributed by atoms with E-state index in [1.807, 2.05) is 30.2 Å². The fourth-order valence-corrected chi connectivity index (χ4v) is 3.91. The molecule has 2 fully saturated rings. The fraction of sp³-hybridized carbons (Fsp3) is 0.632.